The standard InChI is InChI=1S/C29H45NO6S/c1-16(2)27(33)22-12-19(5)28(34)17(3)9-8-10-29(7)25(36-29)14-24(35-26(32)13-23(22)31)18(4)11-21-15-30-20(6)37-21/h11,15-17,19,22-25,28,31,34H,8-10,12-14H2,1-7H3/b18-11+/t17-,19-,22?,23-,24?,25?,28?,29+/m0/s1. The maximum Gasteiger partial charge on any atom is 0.309 e. The number of carbonyl (C=O) groups excluding carboxylic acids is 2. The van der Waals surface area contributed by atoms with E-state index in [-0.39, 0.29) is 41.7 Å². The molecular weight excluding hydrogens is 490 g/mol. The summed E-state index contributed by atoms with van der Waals surface area (Å²) in [7, 11) is 0. The first-order valence-corrected chi connectivity index (χ1v) is 14.5. The van der Waals surface area contributed by atoms with Gasteiger partial charge in [-0.1, -0.05) is 34.1 Å². The average Bonchev–Trinajstić information content (AvgIpc) is 3.26. The van der Waals surface area contributed by atoms with E-state index in [0.717, 1.165) is 34.7 Å². The van der Waals surface area contributed by atoms with Crippen molar-refractivity contribution >= 4 is 29.2 Å². The van der Waals surface area contributed by atoms with Crippen molar-refractivity contribution in [2.24, 2.45) is 23.7 Å². The summed E-state index contributed by atoms with van der Waals surface area (Å²) in [6.07, 6.45) is 4.72. The summed E-state index contributed by atoms with van der Waals surface area (Å²) in [5.41, 5.74) is 0.624. The van der Waals surface area contributed by atoms with Crippen LogP contribution in [0, 0.1) is 30.6 Å². The van der Waals surface area contributed by atoms with E-state index < -0.39 is 30.2 Å². The minimum absolute atomic E-state index is 0.0379. The summed E-state index contributed by atoms with van der Waals surface area (Å²) in [5, 5.41) is 23.0. The lowest BCUT2D eigenvalue weighted by Crippen LogP contribution is -2.38. The molecule has 8 heteroatoms. The Bertz CT molecular complexity index is 973. The van der Waals surface area contributed by atoms with Crippen LogP contribution in [0.4, 0.5) is 0 Å². The Balaban J connectivity index is 1.86. The zero-order valence-corrected chi connectivity index (χ0v) is 24.2. The number of aryl methyl sites for hydroxylation is 1. The number of ketones is 1. The molecule has 1 aromatic heterocycles. The number of nitrogens with zero attached hydrogens (tertiary/aromatic N) is 1. The van der Waals surface area contributed by atoms with Crippen molar-refractivity contribution in [1.29, 1.82) is 0 Å². The van der Waals surface area contributed by atoms with Crippen LogP contribution in [0.15, 0.2) is 11.8 Å². The number of aliphatic hydroxyl groups is 2. The van der Waals surface area contributed by atoms with E-state index >= 15 is 0 Å². The van der Waals surface area contributed by atoms with E-state index in [1.165, 1.54) is 0 Å². The van der Waals surface area contributed by atoms with E-state index in [1.807, 2.05) is 33.8 Å². The number of cyclic esters (lactones) is 1. The molecule has 0 spiro atoms. The van der Waals surface area contributed by atoms with Crippen LogP contribution < -0.4 is 0 Å². The van der Waals surface area contributed by atoms with Gasteiger partial charge in [-0.2, -0.15) is 0 Å². The number of thiazole rings is 1. The molecule has 1 aromatic rings. The number of hydrogen-bond donors (Lipinski definition) is 2. The molecule has 0 saturated carbocycles. The number of aromatic nitrogens is 1. The molecule has 0 amide bonds. The number of esters is 1. The van der Waals surface area contributed by atoms with Gasteiger partial charge in [0.25, 0.3) is 0 Å². The number of Topliss-reactive ketones (excluding diaryl/α,β-unsaturated/α-hetero) is 1. The molecule has 3 rings (SSSR count). The molecule has 8 atom stereocenters. The van der Waals surface area contributed by atoms with E-state index in [0.29, 0.717) is 12.8 Å². The highest BCUT2D eigenvalue weighted by molar-refractivity contribution is 7.12. The first-order chi connectivity index (χ1) is 17.3. The Morgan fingerprint density at radius 1 is 1.24 bits per heavy atom. The quantitative estimate of drug-likeness (QED) is 0.407. The third kappa shape index (κ3) is 7.94. The van der Waals surface area contributed by atoms with Gasteiger partial charge in [0.05, 0.1) is 35.3 Å². The molecule has 3 heterocycles. The van der Waals surface area contributed by atoms with Crippen LogP contribution in [0.3, 0.4) is 0 Å². The Kier molecular flexibility index (Phi) is 10.1. The Morgan fingerprint density at radius 2 is 1.95 bits per heavy atom. The first-order valence-electron chi connectivity index (χ1n) is 13.7. The van der Waals surface area contributed by atoms with Crippen LogP contribution in [0.1, 0.15) is 90.0 Å². The van der Waals surface area contributed by atoms with E-state index in [2.05, 4.69) is 11.9 Å². The number of aliphatic hydroxyl groups excluding tert-OH is 2. The van der Waals surface area contributed by atoms with Crippen molar-refractivity contribution in [2.75, 3.05) is 0 Å². The predicted molar refractivity (Wildman–Crippen MR) is 145 cm³/mol. The summed E-state index contributed by atoms with van der Waals surface area (Å²) in [6.45, 7) is 13.5. The zero-order chi connectivity index (χ0) is 27.5. The first kappa shape index (κ1) is 29.9. The Labute approximate surface area is 225 Å². The highest BCUT2D eigenvalue weighted by atomic mass is 32.1. The molecule has 208 valence electrons. The molecule has 0 aromatic carbocycles. The molecule has 2 fully saturated rings. The van der Waals surface area contributed by atoms with Crippen molar-refractivity contribution in [2.45, 2.75) is 117 Å². The second-order valence-electron chi connectivity index (χ2n) is 11.8. The molecule has 37 heavy (non-hydrogen) atoms. The number of ether oxygens (including phenoxy) is 2. The highest BCUT2D eigenvalue weighted by Gasteiger charge is 2.52. The molecule has 0 bridgehead atoms. The fourth-order valence-electron chi connectivity index (χ4n) is 5.55. The molecule has 2 aliphatic rings. The number of carbonyl (C=O) groups is 2. The van der Waals surface area contributed by atoms with E-state index in [9.17, 15) is 19.8 Å². The largest absolute Gasteiger partial charge is 0.458 e. The monoisotopic (exact) mass is 535 g/mol. The summed E-state index contributed by atoms with van der Waals surface area (Å²) >= 11 is 1.57. The lowest BCUT2D eigenvalue weighted by atomic mass is 9.78. The van der Waals surface area contributed by atoms with Gasteiger partial charge >= 0.3 is 5.97 Å². The van der Waals surface area contributed by atoms with Crippen LogP contribution in [0.5, 0.6) is 0 Å². The molecule has 0 aliphatic carbocycles. The van der Waals surface area contributed by atoms with Crippen LogP contribution >= 0.6 is 11.3 Å². The fourth-order valence-corrected chi connectivity index (χ4v) is 6.35. The van der Waals surface area contributed by atoms with Crippen LogP contribution in [0.2, 0.25) is 0 Å². The van der Waals surface area contributed by atoms with Crippen LogP contribution in [-0.4, -0.2) is 57.0 Å². The predicted octanol–water partition coefficient (Wildman–Crippen LogP) is 5.11. The van der Waals surface area contributed by atoms with Gasteiger partial charge in [-0.25, -0.2) is 4.98 Å². The van der Waals surface area contributed by atoms with Crippen molar-refractivity contribution in [3.63, 3.8) is 0 Å². The fraction of sp³-hybridized carbons (Fsp3) is 0.759. The second-order valence-corrected chi connectivity index (χ2v) is 13.1. The van der Waals surface area contributed by atoms with Gasteiger partial charge in [-0.15, -0.1) is 11.3 Å². The minimum Gasteiger partial charge on any atom is -0.458 e. The lowest BCUT2D eigenvalue weighted by molar-refractivity contribution is -0.151. The zero-order valence-electron chi connectivity index (χ0n) is 23.4. The van der Waals surface area contributed by atoms with Gasteiger partial charge in [0.1, 0.15) is 11.9 Å². The summed E-state index contributed by atoms with van der Waals surface area (Å²) < 4.78 is 12.0. The molecule has 7 nitrogen and oxygen atoms in total. The highest BCUT2D eigenvalue weighted by Crippen LogP contribution is 2.45. The summed E-state index contributed by atoms with van der Waals surface area (Å²) in [4.78, 5) is 31.4. The van der Waals surface area contributed by atoms with E-state index in [4.69, 9.17) is 9.47 Å². The number of rotatable bonds is 4. The van der Waals surface area contributed by atoms with Gasteiger partial charge in [0.2, 0.25) is 0 Å². The maximum absolute atomic E-state index is 13.1. The smallest absolute Gasteiger partial charge is 0.309 e. The van der Waals surface area contributed by atoms with Crippen LogP contribution in [0.25, 0.3) is 6.08 Å². The number of hydrogen-bond acceptors (Lipinski definition) is 8. The lowest BCUT2D eigenvalue weighted by Gasteiger charge is -2.31. The summed E-state index contributed by atoms with van der Waals surface area (Å²) in [5.74, 6) is -1.79. The summed E-state index contributed by atoms with van der Waals surface area (Å²) in [6, 6.07) is 0. The Morgan fingerprint density at radius 3 is 2.57 bits per heavy atom. The van der Waals surface area contributed by atoms with Crippen molar-refractivity contribution in [3.05, 3.63) is 21.7 Å². The maximum atomic E-state index is 13.1. The number of epoxide rings is 1. The third-order valence-electron chi connectivity index (χ3n) is 8.15. The van der Waals surface area contributed by atoms with Gasteiger partial charge in [-0.3, -0.25) is 9.59 Å². The molecule has 0 radical (unpaired) electrons. The molecule has 2 aliphatic heterocycles. The molecular formula is C29H45NO6S. The van der Waals surface area contributed by atoms with Crippen LogP contribution in [-0.2, 0) is 19.1 Å². The van der Waals surface area contributed by atoms with Crippen molar-refractivity contribution < 1.29 is 29.3 Å². The number of fused-ring (bicyclic) bond motifs is 1. The van der Waals surface area contributed by atoms with Gasteiger partial charge in [0, 0.05) is 29.3 Å². The molecule has 4 unspecified atom stereocenters. The SMILES string of the molecule is C/C(=C\c1cnc(C)s1)C1CC2O[C@]2(C)CCC[C@H](C)C(O)[C@@H](C)CC(C(=O)C(C)C)[C@@H](O)CC(=O)O1. The van der Waals surface area contributed by atoms with Crippen molar-refractivity contribution in [3.8, 4) is 0 Å². The van der Waals surface area contributed by atoms with Crippen molar-refractivity contribution in [1.82, 2.24) is 4.98 Å². The third-order valence-corrected chi connectivity index (χ3v) is 9.01. The topological polar surface area (TPSA) is 109 Å². The average molecular weight is 536 g/mol. The van der Waals surface area contributed by atoms with Gasteiger partial charge < -0.3 is 19.7 Å². The normalized spacial score (nSPS) is 36.6. The van der Waals surface area contributed by atoms with Gasteiger partial charge in [0.15, 0.2) is 0 Å². The molecule has 2 saturated heterocycles. The second kappa shape index (κ2) is 12.5. The Hall–Kier alpha value is -1.61. The van der Waals surface area contributed by atoms with E-state index in [1.54, 1.807) is 31.4 Å². The van der Waals surface area contributed by atoms with Gasteiger partial charge in [-0.05, 0) is 63.5 Å². The minimum atomic E-state index is -1.17. The molecule has 2 N–H and O–H groups in total.